The van der Waals surface area contributed by atoms with Crippen LogP contribution in [0.15, 0.2) is 64.5 Å². The van der Waals surface area contributed by atoms with Gasteiger partial charge < -0.3 is 14.3 Å². The van der Waals surface area contributed by atoms with Crippen molar-refractivity contribution in [3.63, 3.8) is 0 Å². The van der Waals surface area contributed by atoms with Gasteiger partial charge in [0.05, 0.1) is 4.90 Å². The Morgan fingerprint density at radius 2 is 1.77 bits per heavy atom. The second-order valence-electron chi connectivity index (χ2n) is 6.83. The van der Waals surface area contributed by atoms with E-state index in [1.54, 1.807) is 23.9 Å². The molecule has 0 saturated heterocycles. The molecule has 4 rings (SSSR count). The molecule has 0 radical (unpaired) electrons. The van der Waals surface area contributed by atoms with Gasteiger partial charge in [-0.05, 0) is 36.4 Å². The molecule has 0 saturated carbocycles. The van der Waals surface area contributed by atoms with Gasteiger partial charge in [-0.3, -0.25) is 4.79 Å². The first-order valence-electron chi connectivity index (χ1n) is 8.79. The monoisotopic (exact) mass is 430 g/mol. The van der Waals surface area contributed by atoms with Crippen molar-refractivity contribution in [1.29, 1.82) is 0 Å². The van der Waals surface area contributed by atoms with Gasteiger partial charge in [0.2, 0.25) is 0 Å². The van der Waals surface area contributed by atoms with Gasteiger partial charge in [0, 0.05) is 48.3 Å². The first-order valence-corrected chi connectivity index (χ1v) is 10.7. The number of ether oxygens (including phenoxy) is 1. The third kappa shape index (κ3) is 3.48. The van der Waals surface area contributed by atoms with E-state index in [4.69, 9.17) is 4.74 Å². The summed E-state index contributed by atoms with van der Waals surface area (Å²) < 4.78 is 58.4. The van der Waals surface area contributed by atoms with Crippen LogP contribution in [0.1, 0.15) is 0 Å². The van der Waals surface area contributed by atoms with Crippen LogP contribution < -0.4 is 10.3 Å². The minimum absolute atomic E-state index is 0.0420. The number of benzene rings is 2. The maximum Gasteiger partial charge on any atom is 0.272 e. The third-order valence-electron chi connectivity index (χ3n) is 4.69. The molecule has 0 fully saturated rings. The van der Waals surface area contributed by atoms with Crippen LogP contribution in [0, 0.1) is 11.6 Å². The number of nitrogens with zero attached hydrogens (tertiary/aromatic N) is 1. The van der Waals surface area contributed by atoms with Crippen LogP contribution in [-0.2, 0) is 16.9 Å². The van der Waals surface area contributed by atoms with Crippen molar-refractivity contribution in [2.45, 2.75) is 4.90 Å². The van der Waals surface area contributed by atoms with Crippen LogP contribution in [-0.4, -0.2) is 24.2 Å². The molecule has 6 nitrogen and oxygen atoms in total. The molecule has 154 valence electrons. The Labute approximate surface area is 170 Å². The van der Waals surface area contributed by atoms with E-state index in [1.165, 1.54) is 30.5 Å². The fourth-order valence-corrected chi connectivity index (χ4v) is 3.93. The minimum Gasteiger partial charge on any atom is -0.457 e. The van der Waals surface area contributed by atoms with Crippen LogP contribution in [0.4, 0.5) is 8.78 Å². The Hall–Kier alpha value is -3.46. The summed E-state index contributed by atoms with van der Waals surface area (Å²) in [5, 5.41) is 0.585. The maximum absolute atomic E-state index is 13.6. The molecule has 2 heterocycles. The third-order valence-corrected chi connectivity index (χ3v) is 5.80. The highest BCUT2D eigenvalue weighted by molar-refractivity contribution is 7.90. The Morgan fingerprint density at radius 1 is 1.00 bits per heavy atom. The average Bonchev–Trinajstić information content (AvgIpc) is 3.02. The van der Waals surface area contributed by atoms with E-state index in [1.807, 2.05) is 0 Å². The molecule has 0 spiro atoms. The first-order chi connectivity index (χ1) is 14.1. The Bertz CT molecular complexity index is 1460. The van der Waals surface area contributed by atoms with Crippen molar-refractivity contribution >= 4 is 20.7 Å². The molecule has 2 aromatic heterocycles. The Balaban J connectivity index is 1.96. The number of hydrogen-bond donors (Lipinski definition) is 1. The number of aromatic nitrogens is 2. The van der Waals surface area contributed by atoms with Gasteiger partial charge in [0.25, 0.3) is 5.56 Å². The second-order valence-corrected chi connectivity index (χ2v) is 8.85. The lowest BCUT2D eigenvalue weighted by Crippen LogP contribution is -2.07. The lowest BCUT2D eigenvalue weighted by Gasteiger charge is -2.13. The fourth-order valence-electron chi connectivity index (χ4n) is 3.29. The summed E-state index contributed by atoms with van der Waals surface area (Å²) in [5.74, 6) is -1.82. The summed E-state index contributed by atoms with van der Waals surface area (Å²) >= 11 is 0. The maximum atomic E-state index is 13.6. The van der Waals surface area contributed by atoms with E-state index in [9.17, 15) is 22.0 Å². The zero-order valence-corrected chi connectivity index (χ0v) is 16.8. The lowest BCUT2D eigenvalue weighted by atomic mass is 10.0. The van der Waals surface area contributed by atoms with Crippen molar-refractivity contribution < 1.29 is 21.9 Å². The van der Waals surface area contributed by atoms with E-state index in [2.05, 4.69) is 4.98 Å². The van der Waals surface area contributed by atoms with Gasteiger partial charge in [-0.25, -0.2) is 17.2 Å². The zero-order chi connectivity index (χ0) is 21.6. The number of aromatic amines is 1. The fraction of sp³-hybridized carbons (Fsp3) is 0.0952. The number of pyridine rings is 1. The molecular weight excluding hydrogens is 414 g/mol. The van der Waals surface area contributed by atoms with E-state index in [0.717, 1.165) is 18.4 Å². The van der Waals surface area contributed by atoms with Crippen LogP contribution in [0.25, 0.3) is 22.0 Å². The molecule has 30 heavy (non-hydrogen) atoms. The predicted octanol–water partition coefficient (Wildman–Crippen LogP) is 4.01. The molecule has 9 heteroatoms. The number of nitrogens with one attached hydrogen (secondary N) is 1. The molecule has 0 aliphatic carbocycles. The zero-order valence-electron chi connectivity index (χ0n) is 15.9. The average molecular weight is 430 g/mol. The summed E-state index contributed by atoms with van der Waals surface area (Å²) in [5.41, 5.74) is 1.04. The van der Waals surface area contributed by atoms with Crippen LogP contribution >= 0.6 is 0 Å². The summed E-state index contributed by atoms with van der Waals surface area (Å²) in [6, 6.07) is 9.04. The first kappa shape index (κ1) is 19.8. The topological polar surface area (TPSA) is 81.2 Å². The van der Waals surface area contributed by atoms with E-state index < -0.39 is 21.5 Å². The normalized spacial score (nSPS) is 11.7. The number of aryl methyl sites for hydroxylation is 1. The summed E-state index contributed by atoms with van der Waals surface area (Å²) in [6.45, 7) is 0. The molecule has 0 aliphatic heterocycles. The number of fused-ring (bicyclic) bond motifs is 1. The van der Waals surface area contributed by atoms with Crippen molar-refractivity contribution in [3.8, 4) is 22.6 Å². The molecule has 1 N–H and O–H groups in total. The predicted molar refractivity (Wildman–Crippen MR) is 109 cm³/mol. The van der Waals surface area contributed by atoms with Crippen molar-refractivity contribution in [1.82, 2.24) is 9.55 Å². The minimum atomic E-state index is -3.53. The Kier molecular flexibility index (Phi) is 4.70. The van der Waals surface area contributed by atoms with Crippen molar-refractivity contribution in [3.05, 3.63) is 76.8 Å². The quantitative estimate of drug-likeness (QED) is 0.531. The van der Waals surface area contributed by atoms with Gasteiger partial charge in [-0.15, -0.1) is 0 Å². The van der Waals surface area contributed by atoms with Gasteiger partial charge >= 0.3 is 0 Å². The molecule has 4 aromatic rings. The van der Waals surface area contributed by atoms with E-state index in [-0.39, 0.29) is 22.0 Å². The number of hydrogen-bond acceptors (Lipinski definition) is 4. The number of rotatable bonds is 4. The van der Waals surface area contributed by atoms with E-state index >= 15 is 0 Å². The molecule has 2 aromatic carbocycles. The SMILES string of the molecule is Cn1cc(-c2cc(S(C)(=O)=O)ccc2Oc2ccc(F)c(F)c2)c2cc[nH]c(=O)c21. The van der Waals surface area contributed by atoms with Gasteiger partial charge in [0.15, 0.2) is 21.5 Å². The van der Waals surface area contributed by atoms with Crippen molar-refractivity contribution in [2.75, 3.05) is 6.26 Å². The molecule has 0 amide bonds. The highest BCUT2D eigenvalue weighted by Crippen LogP contribution is 2.39. The van der Waals surface area contributed by atoms with Crippen LogP contribution in [0.5, 0.6) is 11.5 Å². The number of sulfone groups is 1. The van der Waals surface area contributed by atoms with Crippen molar-refractivity contribution in [2.24, 2.45) is 7.05 Å². The molecular formula is C21H16F2N2O4S. The molecule has 0 aliphatic rings. The van der Waals surface area contributed by atoms with Gasteiger partial charge in [-0.2, -0.15) is 0 Å². The van der Waals surface area contributed by atoms with Crippen LogP contribution in [0.3, 0.4) is 0 Å². The molecule has 0 atom stereocenters. The second kappa shape index (κ2) is 7.10. The summed E-state index contributed by atoms with van der Waals surface area (Å²) in [4.78, 5) is 14.9. The van der Waals surface area contributed by atoms with Gasteiger partial charge in [-0.1, -0.05) is 0 Å². The molecule has 0 unspecified atom stereocenters. The highest BCUT2D eigenvalue weighted by atomic mass is 32.2. The highest BCUT2D eigenvalue weighted by Gasteiger charge is 2.19. The largest absolute Gasteiger partial charge is 0.457 e. The summed E-state index contributed by atoms with van der Waals surface area (Å²) in [7, 11) is -1.84. The number of halogens is 2. The summed E-state index contributed by atoms with van der Waals surface area (Å²) in [6.07, 6.45) is 4.25. The van der Waals surface area contributed by atoms with Crippen LogP contribution in [0.2, 0.25) is 0 Å². The van der Waals surface area contributed by atoms with Gasteiger partial charge in [0.1, 0.15) is 17.0 Å². The standard InChI is InChI=1S/C21H16F2N2O4S/c1-25-11-16(14-7-8-24-21(26)20(14)25)15-10-13(30(2,27)28)4-6-19(15)29-12-3-5-17(22)18(23)9-12/h3-11H,1-2H3,(H,24,26). The smallest absolute Gasteiger partial charge is 0.272 e. The van der Waals surface area contributed by atoms with E-state index in [0.29, 0.717) is 22.0 Å². The molecule has 0 bridgehead atoms. The lowest BCUT2D eigenvalue weighted by molar-refractivity contribution is 0.462. The Morgan fingerprint density at radius 3 is 2.47 bits per heavy atom. The number of H-pyrrole nitrogens is 1.